The highest BCUT2D eigenvalue weighted by atomic mass is 15.2. The van der Waals surface area contributed by atoms with Gasteiger partial charge in [0.15, 0.2) is 11.5 Å². The van der Waals surface area contributed by atoms with Crippen molar-refractivity contribution in [1.29, 1.82) is 5.26 Å². The summed E-state index contributed by atoms with van der Waals surface area (Å²) in [6.45, 7) is 0. The van der Waals surface area contributed by atoms with Crippen molar-refractivity contribution in [3.8, 4) is 6.07 Å². The molecule has 2 unspecified atom stereocenters. The first kappa shape index (κ1) is 11.4. The normalized spacial score (nSPS) is 29.9. The summed E-state index contributed by atoms with van der Waals surface area (Å²) in [5, 5.41) is 12.7. The van der Waals surface area contributed by atoms with E-state index in [-0.39, 0.29) is 0 Å². The van der Waals surface area contributed by atoms with Gasteiger partial charge in [-0.1, -0.05) is 0 Å². The fourth-order valence-corrected chi connectivity index (χ4v) is 3.18. The maximum atomic E-state index is 9.09. The molecule has 3 rings (SSSR count). The maximum absolute atomic E-state index is 9.09. The Hall–Kier alpha value is -1.67. The number of rotatable bonds is 2. The second-order valence-electron chi connectivity index (χ2n) is 5.21. The van der Waals surface area contributed by atoms with Gasteiger partial charge in [0, 0.05) is 37.6 Å². The van der Waals surface area contributed by atoms with E-state index < -0.39 is 0 Å². The van der Waals surface area contributed by atoms with Crippen LogP contribution in [0.3, 0.4) is 0 Å². The first-order valence-corrected chi connectivity index (χ1v) is 6.48. The molecule has 2 bridgehead atoms. The fourth-order valence-electron chi connectivity index (χ4n) is 3.18. The van der Waals surface area contributed by atoms with E-state index in [4.69, 9.17) is 5.26 Å². The molecule has 0 spiro atoms. The Balaban J connectivity index is 1.82. The van der Waals surface area contributed by atoms with Crippen molar-refractivity contribution in [2.45, 2.75) is 43.8 Å². The predicted octanol–water partition coefficient (Wildman–Crippen LogP) is 1.07. The molecular formula is C13H17N5. The fraction of sp³-hybridized carbons (Fsp3) is 0.615. The van der Waals surface area contributed by atoms with Gasteiger partial charge in [-0.25, -0.2) is 9.97 Å². The van der Waals surface area contributed by atoms with E-state index in [9.17, 15) is 0 Å². The Morgan fingerprint density at radius 1 is 1.28 bits per heavy atom. The van der Waals surface area contributed by atoms with Gasteiger partial charge in [-0.2, -0.15) is 5.26 Å². The summed E-state index contributed by atoms with van der Waals surface area (Å²) >= 11 is 0. The highest BCUT2D eigenvalue weighted by molar-refractivity contribution is 5.49. The van der Waals surface area contributed by atoms with Gasteiger partial charge in [-0.15, -0.1) is 0 Å². The number of aromatic nitrogens is 2. The van der Waals surface area contributed by atoms with Crippen LogP contribution in [-0.4, -0.2) is 35.1 Å². The molecule has 5 heteroatoms. The molecule has 0 saturated carbocycles. The van der Waals surface area contributed by atoms with E-state index in [2.05, 4.69) is 26.3 Å². The number of hydrogen-bond donors (Lipinski definition) is 1. The van der Waals surface area contributed by atoms with E-state index in [0.717, 1.165) is 12.8 Å². The lowest BCUT2D eigenvalue weighted by molar-refractivity contribution is 0.353. The summed E-state index contributed by atoms with van der Waals surface area (Å²) in [7, 11) is 2.03. The molecule has 5 nitrogen and oxygen atoms in total. The highest BCUT2D eigenvalue weighted by Crippen LogP contribution is 2.31. The molecule has 18 heavy (non-hydrogen) atoms. The van der Waals surface area contributed by atoms with Crippen molar-refractivity contribution < 1.29 is 0 Å². The van der Waals surface area contributed by atoms with Crippen LogP contribution in [0.4, 0.5) is 5.82 Å². The van der Waals surface area contributed by atoms with Gasteiger partial charge in [0.05, 0.1) is 0 Å². The van der Waals surface area contributed by atoms with Crippen LogP contribution in [0, 0.1) is 11.3 Å². The second-order valence-corrected chi connectivity index (χ2v) is 5.21. The quantitative estimate of drug-likeness (QED) is 0.841. The number of piperidine rings is 1. The summed E-state index contributed by atoms with van der Waals surface area (Å²) in [4.78, 5) is 10.5. The summed E-state index contributed by atoms with van der Waals surface area (Å²) in [5.74, 6) is 0.714. The number of hydrogen-bond acceptors (Lipinski definition) is 5. The third kappa shape index (κ3) is 1.93. The van der Waals surface area contributed by atoms with Gasteiger partial charge in [0.1, 0.15) is 6.07 Å². The van der Waals surface area contributed by atoms with Gasteiger partial charge >= 0.3 is 0 Å². The SMILES string of the molecule is CN(c1nccnc1C#N)C1CC2CCC(C1)N2. The molecule has 0 aliphatic carbocycles. The molecule has 0 amide bonds. The molecule has 0 radical (unpaired) electrons. The minimum absolute atomic E-state index is 0.422. The zero-order valence-electron chi connectivity index (χ0n) is 10.5. The average molecular weight is 243 g/mol. The molecule has 2 aliphatic heterocycles. The van der Waals surface area contributed by atoms with Crippen LogP contribution >= 0.6 is 0 Å². The molecule has 1 N–H and O–H groups in total. The summed E-state index contributed by atoms with van der Waals surface area (Å²) in [5.41, 5.74) is 0.422. The van der Waals surface area contributed by atoms with Crippen LogP contribution < -0.4 is 10.2 Å². The summed E-state index contributed by atoms with van der Waals surface area (Å²) < 4.78 is 0. The number of nitrogens with one attached hydrogen (secondary N) is 1. The van der Waals surface area contributed by atoms with E-state index >= 15 is 0 Å². The van der Waals surface area contributed by atoms with Crippen LogP contribution in [0.1, 0.15) is 31.4 Å². The minimum Gasteiger partial charge on any atom is -0.354 e. The Morgan fingerprint density at radius 3 is 2.61 bits per heavy atom. The molecule has 2 atom stereocenters. The van der Waals surface area contributed by atoms with Crippen LogP contribution in [0.25, 0.3) is 0 Å². The van der Waals surface area contributed by atoms with Crippen molar-refractivity contribution >= 4 is 5.82 Å². The maximum Gasteiger partial charge on any atom is 0.183 e. The average Bonchev–Trinajstić information content (AvgIpc) is 2.76. The van der Waals surface area contributed by atoms with E-state index in [0.29, 0.717) is 29.6 Å². The van der Waals surface area contributed by atoms with E-state index in [1.165, 1.54) is 12.8 Å². The Morgan fingerprint density at radius 2 is 1.94 bits per heavy atom. The van der Waals surface area contributed by atoms with Gasteiger partial charge in [0.2, 0.25) is 0 Å². The zero-order valence-corrected chi connectivity index (χ0v) is 10.5. The molecule has 2 fully saturated rings. The Bertz CT molecular complexity index is 469. The van der Waals surface area contributed by atoms with Crippen molar-refractivity contribution in [1.82, 2.24) is 15.3 Å². The van der Waals surface area contributed by atoms with Crippen molar-refractivity contribution in [3.05, 3.63) is 18.1 Å². The van der Waals surface area contributed by atoms with Crippen LogP contribution in [0.15, 0.2) is 12.4 Å². The molecule has 1 aromatic heterocycles. The third-order valence-corrected chi connectivity index (χ3v) is 4.11. The van der Waals surface area contributed by atoms with E-state index in [1.807, 2.05) is 7.05 Å². The van der Waals surface area contributed by atoms with Gasteiger partial charge in [0.25, 0.3) is 0 Å². The van der Waals surface area contributed by atoms with Crippen molar-refractivity contribution in [2.24, 2.45) is 0 Å². The second kappa shape index (κ2) is 4.54. The number of fused-ring (bicyclic) bond motifs is 2. The van der Waals surface area contributed by atoms with Crippen LogP contribution in [-0.2, 0) is 0 Å². The molecule has 2 aliphatic rings. The van der Waals surface area contributed by atoms with Crippen molar-refractivity contribution in [2.75, 3.05) is 11.9 Å². The Kier molecular flexibility index (Phi) is 2.88. The van der Waals surface area contributed by atoms with Gasteiger partial charge in [-0.3, -0.25) is 0 Å². The molecule has 0 aromatic carbocycles. The summed E-state index contributed by atoms with van der Waals surface area (Å²) in [6.07, 6.45) is 8.05. The van der Waals surface area contributed by atoms with Crippen molar-refractivity contribution in [3.63, 3.8) is 0 Å². The van der Waals surface area contributed by atoms with Crippen LogP contribution in [0.2, 0.25) is 0 Å². The number of anilines is 1. The lowest BCUT2D eigenvalue weighted by atomic mass is 9.98. The topological polar surface area (TPSA) is 64.8 Å². The molecular weight excluding hydrogens is 226 g/mol. The monoisotopic (exact) mass is 243 g/mol. The number of nitrogens with zero attached hydrogens (tertiary/aromatic N) is 4. The first-order valence-electron chi connectivity index (χ1n) is 6.48. The molecule has 1 aromatic rings. The highest BCUT2D eigenvalue weighted by Gasteiger charge is 2.35. The molecule has 2 saturated heterocycles. The first-order chi connectivity index (χ1) is 8.78. The zero-order chi connectivity index (χ0) is 12.5. The third-order valence-electron chi connectivity index (χ3n) is 4.11. The lowest BCUT2D eigenvalue weighted by Crippen LogP contribution is -2.47. The predicted molar refractivity (Wildman–Crippen MR) is 68.1 cm³/mol. The molecule has 3 heterocycles. The summed E-state index contributed by atoms with van der Waals surface area (Å²) in [6, 6.07) is 3.86. The van der Waals surface area contributed by atoms with E-state index in [1.54, 1.807) is 12.4 Å². The largest absolute Gasteiger partial charge is 0.354 e. The number of nitriles is 1. The van der Waals surface area contributed by atoms with Gasteiger partial charge in [-0.05, 0) is 25.7 Å². The minimum atomic E-state index is 0.422. The standard InChI is InChI=1S/C13H17N5/c1-18(13-12(8-14)15-4-5-16-13)11-6-9-2-3-10(7-11)17-9/h4-5,9-11,17H,2-3,6-7H2,1H3. The smallest absolute Gasteiger partial charge is 0.183 e. The Labute approximate surface area is 107 Å². The molecule has 94 valence electrons. The lowest BCUT2D eigenvalue weighted by Gasteiger charge is -2.36. The van der Waals surface area contributed by atoms with Crippen LogP contribution in [0.5, 0.6) is 0 Å². The van der Waals surface area contributed by atoms with Gasteiger partial charge < -0.3 is 10.2 Å².